The Hall–Kier alpha value is -2.53. The number of nitrogens with one attached hydrogen (secondary N) is 1. The van der Waals surface area contributed by atoms with Crippen LogP contribution in [0.4, 0.5) is 4.79 Å². The van der Waals surface area contributed by atoms with Crippen LogP contribution in [0.3, 0.4) is 0 Å². The lowest BCUT2D eigenvalue weighted by molar-refractivity contribution is 0.194. The number of fused-ring (bicyclic) bond motifs is 3. The van der Waals surface area contributed by atoms with Gasteiger partial charge in [0.1, 0.15) is 11.2 Å². The fourth-order valence-electron chi connectivity index (χ4n) is 2.88. The van der Waals surface area contributed by atoms with E-state index in [1.165, 1.54) is 0 Å². The van der Waals surface area contributed by atoms with Crippen LogP contribution in [0.2, 0.25) is 0 Å². The molecule has 23 heavy (non-hydrogen) atoms. The zero-order valence-corrected chi connectivity index (χ0v) is 13.2. The van der Waals surface area contributed by atoms with Crippen molar-refractivity contribution in [1.82, 2.24) is 5.32 Å². The van der Waals surface area contributed by atoms with Crippen LogP contribution in [0.25, 0.3) is 21.9 Å². The number of furan rings is 1. The molecule has 4 N–H and O–H groups in total. The van der Waals surface area contributed by atoms with Crippen LogP contribution in [-0.2, 0) is 13.0 Å². The molecule has 1 heterocycles. The normalized spacial score (nSPS) is 12.0. The molecule has 0 fully saturated rings. The van der Waals surface area contributed by atoms with Crippen molar-refractivity contribution in [3.63, 3.8) is 0 Å². The van der Waals surface area contributed by atoms with E-state index in [9.17, 15) is 4.79 Å². The first-order valence-corrected chi connectivity index (χ1v) is 7.53. The highest BCUT2D eigenvalue weighted by Gasteiger charge is 2.18. The lowest BCUT2D eigenvalue weighted by Crippen LogP contribution is -2.34. The zero-order chi connectivity index (χ0) is 16.6. The van der Waals surface area contributed by atoms with E-state index in [2.05, 4.69) is 5.32 Å². The molecule has 120 valence electrons. The summed E-state index contributed by atoms with van der Waals surface area (Å²) >= 11 is 0. The summed E-state index contributed by atoms with van der Waals surface area (Å²) in [5, 5.41) is 13.2. The maximum atomic E-state index is 10.7. The lowest BCUT2D eigenvalue weighted by Gasteiger charge is -2.18. The molecule has 0 saturated heterocycles. The average molecular weight is 312 g/mol. The van der Waals surface area contributed by atoms with Gasteiger partial charge in [0.15, 0.2) is 0 Å². The molecule has 2 aromatic carbocycles. The summed E-state index contributed by atoms with van der Waals surface area (Å²) in [6, 6.07) is 11.8. The minimum absolute atomic E-state index is 0.213. The van der Waals surface area contributed by atoms with E-state index in [0.717, 1.165) is 33.1 Å². The van der Waals surface area contributed by atoms with Gasteiger partial charge in [-0.3, -0.25) is 0 Å². The third kappa shape index (κ3) is 3.14. The van der Waals surface area contributed by atoms with Crippen molar-refractivity contribution in [3.05, 3.63) is 47.5 Å². The maximum absolute atomic E-state index is 10.7. The van der Waals surface area contributed by atoms with Gasteiger partial charge in [0.25, 0.3) is 0 Å². The Balaban J connectivity index is 2.15. The van der Waals surface area contributed by atoms with Gasteiger partial charge in [0.2, 0.25) is 0 Å². The molecule has 0 aliphatic rings. The molecule has 0 aliphatic carbocycles. The highest BCUT2D eigenvalue weighted by molar-refractivity contribution is 6.06. The average Bonchev–Trinajstić information content (AvgIpc) is 2.84. The molecule has 1 aromatic heterocycles. The van der Waals surface area contributed by atoms with Crippen molar-refractivity contribution in [3.8, 4) is 0 Å². The number of amides is 1. The quantitative estimate of drug-likeness (QED) is 0.686. The Morgan fingerprint density at radius 1 is 1.13 bits per heavy atom. The van der Waals surface area contributed by atoms with E-state index in [1.807, 2.05) is 50.2 Å². The zero-order valence-electron chi connectivity index (χ0n) is 13.2. The van der Waals surface area contributed by atoms with E-state index in [0.29, 0.717) is 6.42 Å². The molecule has 3 rings (SSSR count). The van der Waals surface area contributed by atoms with Crippen molar-refractivity contribution in [1.29, 1.82) is 0 Å². The van der Waals surface area contributed by atoms with Gasteiger partial charge in [0.05, 0.1) is 0 Å². The van der Waals surface area contributed by atoms with Crippen molar-refractivity contribution < 1.29 is 14.3 Å². The first-order chi connectivity index (χ1) is 10.8. The minimum atomic E-state index is -1.05. The largest absolute Gasteiger partial charge is 0.465 e. The number of benzene rings is 2. The Kier molecular flexibility index (Phi) is 3.74. The summed E-state index contributed by atoms with van der Waals surface area (Å²) in [6.07, 6.45) is -0.351. The summed E-state index contributed by atoms with van der Waals surface area (Å²) in [5.74, 6) is 0. The van der Waals surface area contributed by atoms with Crippen LogP contribution in [0.15, 0.2) is 40.8 Å². The monoisotopic (exact) mass is 312 g/mol. The second-order valence-corrected chi connectivity index (χ2v) is 6.51. The predicted octanol–water partition coefficient (Wildman–Crippen LogP) is 3.63. The number of rotatable bonds is 4. The standard InChI is InChI=1S/C18H20N2O3/c1-18(2,19)9-11-5-3-7-13-14-8-4-6-12(10-20-17(21)22)16(14)23-15(11)13/h3-8,20H,9-10,19H2,1-2H3,(H,21,22). The molecule has 0 bridgehead atoms. The molecule has 0 aliphatic heterocycles. The summed E-state index contributed by atoms with van der Waals surface area (Å²) in [4.78, 5) is 10.7. The van der Waals surface area contributed by atoms with E-state index >= 15 is 0 Å². The van der Waals surface area contributed by atoms with E-state index in [1.54, 1.807) is 0 Å². The van der Waals surface area contributed by atoms with Gasteiger partial charge in [-0.25, -0.2) is 4.79 Å². The fraction of sp³-hybridized carbons (Fsp3) is 0.278. The third-order valence-electron chi connectivity index (χ3n) is 3.76. The van der Waals surface area contributed by atoms with Crippen molar-refractivity contribution >= 4 is 28.0 Å². The van der Waals surface area contributed by atoms with Crippen molar-refractivity contribution in [2.45, 2.75) is 32.4 Å². The molecule has 0 radical (unpaired) electrons. The van der Waals surface area contributed by atoms with Gasteiger partial charge >= 0.3 is 6.09 Å². The third-order valence-corrected chi connectivity index (χ3v) is 3.76. The Labute approximate surface area is 134 Å². The van der Waals surface area contributed by atoms with Gasteiger partial charge in [-0.1, -0.05) is 36.4 Å². The van der Waals surface area contributed by atoms with Crippen LogP contribution in [-0.4, -0.2) is 16.7 Å². The highest BCUT2D eigenvalue weighted by atomic mass is 16.4. The number of carbonyl (C=O) groups is 1. The summed E-state index contributed by atoms with van der Waals surface area (Å²) in [6.45, 7) is 4.18. The Morgan fingerprint density at radius 3 is 2.26 bits per heavy atom. The Bertz CT molecular complexity index is 875. The minimum Gasteiger partial charge on any atom is -0.465 e. The lowest BCUT2D eigenvalue weighted by atomic mass is 9.95. The fourth-order valence-corrected chi connectivity index (χ4v) is 2.88. The molecular weight excluding hydrogens is 292 g/mol. The van der Waals surface area contributed by atoms with Crippen molar-refractivity contribution in [2.24, 2.45) is 5.73 Å². The van der Waals surface area contributed by atoms with Crippen LogP contribution >= 0.6 is 0 Å². The molecule has 5 heteroatoms. The van der Waals surface area contributed by atoms with Crippen LogP contribution in [0.1, 0.15) is 25.0 Å². The summed E-state index contributed by atoms with van der Waals surface area (Å²) in [5.41, 5.74) is 9.24. The van der Waals surface area contributed by atoms with Gasteiger partial charge in [-0.05, 0) is 25.8 Å². The first kappa shape index (κ1) is 15.4. The van der Waals surface area contributed by atoms with Crippen LogP contribution in [0, 0.1) is 0 Å². The number of nitrogens with two attached hydrogens (primary N) is 1. The molecule has 1 amide bonds. The molecule has 3 aromatic rings. The SMILES string of the molecule is CC(C)(N)Cc1cccc2c1oc1c(CNC(=O)O)cccc12. The molecular formula is C18H20N2O3. The molecule has 0 unspecified atom stereocenters. The number of hydrogen-bond donors (Lipinski definition) is 3. The summed E-state index contributed by atoms with van der Waals surface area (Å²) < 4.78 is 6.10. The van der Waals surface area contributed by atoms with Gasteiger partial charge < -0.3 is 20.6 Å². The molecule has 0 atom stereocenters. The Morgan fingerprint density at radius 2 is 1.70 bits per heavy atom. The smallest absolute Gasteiger partial charge is 0.404 e. The highest BCUT2D eigenvalue weighted by Crippen LogP contribution is 2.33. The van der Waals surface area contributed by atoms with Gasteiger partial charge in [-0.2, -0.15) is 0 Å². The number of para-hydroxylation sites is 2. The van der Waals surface area contributed by atoms with Crippen LogP contribution in [0.5, 0.6) is 0 Å². The summed E-state index contributed by atoms with van der Waals surface area (Å²) in [7, 11) is 0. The molecule has 5 nitrogen and oxygen atoms in total. The van der Waals surface area contributed by atoms with Crippen molar-refractivity contribution in [2.75, 3.05) is 0 Å². The predicted molar refractivity (Wildman–Crippen MR) is 90.6 cm³/mol. The van der Waals surface area contributed by atoms with Crippen LogP contribution < -0.4 is 11.1 Å². The van der Waals surface area contributed by atoms with E-state index < -0.39 is 6.09 Å². The number of hydrogen-bond acceptors (Lipinski definition) is 3. The number of carboxylic acid groups (broad SMARTS) is 1. The second-order valence-electron chi connectivity index (χ2n) is 6.51. The topological polar surface area (TPSA) is 88.5 Å². The first-order valence-electron chi connectivity index (χ1n) is 7.53. The second kappa shape index (κ2) is 5.59. The van der Waals surface area contributed by atoms with Gasteiger partial charge in [0, 0.05) is 28.4 Å². The van der Waals surface area contributed by atoms with E-state index in [-0.39, 0.29) is 12.1 Å². The van der Waals surface area contributed by atoms with E-state index in [4.69, 9.17) is 15.3 Å². The van der Waals surface area contributed by atoms with Gasteiger partial charge in [-0.15, -0.1) is 0 Å². The maximum Gasteiger partial charge on any atom is 0.404 e. The molecule has 0 saturated carbocycles. The molecule has 0 spiro atoms.